The van der Waals surface area contributed by atoms with Gasteiger partial charge in [0.2, 0.25) is 0 Å². The second-order valence-corrected chi connectivity index (χ2v) is 4.68. The Morgan fingerprint density at radius 3 is 2.35 bits per heavy atom. The van der Waals surface area contributed by atoms with E-state index in [1.807, 2.05) is 6.07 Å². The molecule has 2 amide bonds. The van der Waals surface area contributed by atoms with Gasteiger partial charge in [-0.2, -0.15) is 0 Å². The van der Waals surface area contributed by atoms with Crippen LogP contribution in [0.15, 0.2) is 71.5 Å². The molecule has 6 nitrogen and oxygen atoms in total. The minimum absolute atomic E-state index is 0.214. The zero-order chi connectivity index (χ0) is 16.1. The van der Waals surface area contributed by atoms with E-state index < -0.39 is 0 Å². The Balaban J connectivity index is 1.63. The van der Waals surface area contributed by atoms with E-state index >= 15 is 0 Å². The molecular weight excluding hydrogens is 294 g/mol. The van der Waals surface area contributed by atoms with Gasteiger partial charge in [-0.05, 0) is 36.4 Å². The number of anilines is 2. The second kappa shape index (κ2) is 6.57. The van der Waals surface area contributed by atoms with Gasteiger partial charge in [0, 0.05) is 5.56 Å². The average molecular weight is 307 g/mol. The lowest BCUT2D eigenvalue weighted by Crippen LogP contribution is -2.14. The van der Waals surface area contributed by atoms with E-state index in [0.717, 1.165) is 0 Å². The third kappa shape index (κ3) is 3.62. The van der Waals surface area contributed by atoms with Gasteiger partial charge < -0.3 is 15.1 Å². The van der Waals surface area contributed by atoms with E-state index in [-0.39, 0.29) is 17.6 Å². The SMILES string of the molecule is O=C(Nc1ccc(NC(=O)c2ccco2)cn1)c1ccccc1. The minimum atomic E-state index is -0.363. The number of hydrogen-bond donors (Lipinski definition) is 2. The smallest absolute Gasteiger partial charge is 0.291 e. The number of amides is 2. The van der Waals surface area contributed by atoms with Gasteiger partial charge in [0.25, 0.3) is 11.8 Å². The molecule has 2 aromatic heterocycles. The highest BCUT2D eigenvalue weighted by atomic mass is 16.3. The molecule has 2 heterocycles. The molecule has 114 valence electrons. The lowest BCUT2D eigenvalue weighted by molar-refractivity contribution is 0.0994. The Bertz CT molecular complexity index is 797. The molecule has 0 aliphatic rings. The van der Waals surface area contributed by atoms with E-state index in [0.29, 0.717) is 17.1 Å². The van der Waals surface area contributed by atoms with E-state index in [1.165, 1.54) is 12.5 Å². The Labute approximate surface area is 132 Å². The maximum Gasteiger partial charge on any atom is 0.291 e. The van der Waals surface area contributed by atoms with Crippen LogP contribution in [-0.2, 0) is 0 Å². The van der Waals surface area contributed by atoms with Crippen molar-refractivity contribution in [2.24, 2.45) is 0 Å². The van der Waals surface area contributed by atoms with Crippen LogP contribution in [-0.4, -0.2) is 16.8 Å². The van der Waals surface area contributed by atoms with E-state index in [1.54, 1.807) is 48.5 Å². The van der Waals surface area contributed by atoms with Gasteiger partial charge in [-0.3, -0.25) is 9.59 Å². The minimum Gasteiger partial charge on any atom is -0.459 e. The molecule has 23 heavy (non-hydrogen) atoms. The van der Waals surface area contributed by atoms with Crippen molar-refractivity contribution in [1.29, 1.82) is 0 Å². The molecule has 0 saturated heterocycles. The average Bonchev–Trinajstić information content (AvgIpc) is 3.12. The molecular formula is C17H13N3O3. The van der Waals surface area contributed by atoms with Crippen LogP contribution in [0.25, 0.3) is 0 Å². The summed E-state index contributed by atoms with van der Waals surface area (Å²) >= 11 is 0. The first-order chi connectivity index (χ1) is 11.2. The summed E-state index contributed by atoms with van der Waals surface area (Å²) in [6.07, 6.45) is 2.89. The number of hydrogen-bond acceptors (Lipinski definition) is 4. The predicted molar refractivity (Wildman–Crippen MR) is 85.3 cm³/mol. The molecule has 0 radical (unpaired) electrons. The zero-order valence-corrected chi connectivity index (χ0v) is 12.0. The van der Waals surface area contributed by atoms with Crippen LogP contribution in [0.1, 0.15) is 20.9 Å². The van der Waals surface area contributed by atoms with Crippen molar-refractivity contribution in [2.75, 3.05) is 10.6 Å². The van der Waals surface area contributed by atoms with Crippen LogP contribution in [0, 0.1) is 0 Å². The van der Waals surface area contributed by atoms with Gasteiger partial charge in [0.1, 0.15) is 5.82 Å². The fourth-order valence-electron chi connectivity index (χ4n) is 1.92. The summed E-state index contributed by atoms with van der Waals surface area (Å²) in [5, 5.41) is 5.33. The molecule has 6 heteroatoms. The predicted octanol–water partition coefficient (Wildman–Crippen LogP) is 3.18. The van der Waals surface area contributed by atoms with Crippen LogP contribution in [0.2, 0.25) is 0 Å². The molecule has 0 bridgehead atoms. The first-order valence-corrected chi connectivity index (χ1v) is 6.90. The van der Waals surface area contributed by atoms with Gasteiger partial charge in [-0.1, -0.05) is 18.2 Å². The lowest BCUT2D eigenvalue weighted by Gasteiger charge is -2.06. The summed E-state index contributed by atoms with van der Waals surface area (Å²) in [6, 6.07) is 15.3. The summed E-state index contributed by atoms with van der Waals surface area (Å²) in [4.78, 5) is 27.9. The van der Waals surface area contributed by atoms with E-state index in [2.05, 4.69) is 15.6 Å². The Kier molecular flexibility index (Phi) is 4.15. The highest BCUT2D eigenvalue weighted by Crippen LogP contribution is 2.12. The van der Waals surface area contributed by atoms with Gasteiger partial charge >= 0.3 is 0 Å². The molecule has 2 N–H and O–H groups in total. The van der Waals surface area contributed by atoms with Crippen LogP contribution >= 0.6 is 0 Å². The van der Waals surface area contributed by atoms with Crippen molar-refractivity contribution >= 4 is 23.3 Å². The maximum absolute atomic E-state index is 12.0. The number of aromatic nitrogens is 1. The largest absolute Gasteiger partial charge is 0.459 e. The van der Waals surface area contributed by atoms with Crippen LogP contribution < -0.4 is 10.6 Å². The van der Waals surface area contributed by atoms with Gasteiger partial charge in [-0.25, -0.2) is 4.98 Å². The van der Waals surface area contributed by atoms with Crippen LogP contribution in [0.3, 0.4) is 0 Å². The molecule has 0 aliphatic carbocycles. The quantitative estimate of drug-likeness (QED) is 0.775. The maximum atomic E-state index is 12.0. The molecule has 0 fully saturated rings. The van der Waals surface area contributed by atoms with Crippen molar-refractivity contribution < 1.29 is 14.0 Å². The second-order valence-electron chi connectivity index (χ2n) is 4.68. The third-order valence-corrected chi connectivity index (χ3v) is 3.04. The Morgan fingerprint density at radius 2 is 1.70 bits per heavy atom. The van der Waals surface area contributed by atoms with E-state index in [4.69, 9.17) is 4.42 Å². The lowest BCUT2D eigenvalue weighted by atomic mass is 10.2. The number of rotatable bonds is 4. The highest BCUT2D eigenvalue weighted by Gasteiger charge is 2.09. The van der Waals surface area contributed by atoms with Gasteiger partial charge in [-0.15, -0.1) is 0 Å². The normalized spacial score (nSPS) is 10.1. The third-order valence-electron chi connectivity index (χ3n) is 3.04. The van der Waals surface area contributed by atoms with Crippen molar-refractivity contribution in [3.63, 3.8) is 0 Å². The molecule has 3 rings (SSSR count). The number of pyridine rings is 1. The van der Waals surface area contributed by atoms with Crippen molar-refractivity contribution in [3.05, 3.63) is 78.4 Å². The van der Waals surface area contributed by atoms with Crippen molar-refractivity contribution in [1.82, 2.24) is 4.98 Å². The van der Waals surface area contributed by atoms with Crippen molar-refractivity contribution in [2.45, 2.75) is 0 Å². The standard InChI is InChI=1S/C17H13N3O3/c21-16(12-5-2-1-3-6-12)20-15-9-8-13(11-18-15)19-17(22)14-7-4-10-23-14/h1-11H,(H,19,22)(H,18,20,21). The summed E-state index contributed by atoms with van der Waals surface area (Å²) < 4.78 is 5.00. The molecule has 1 aromatic carbocycles. The molecule has 0 atom stereocenters. The Morgan fingerprint density at radius 1 is 0.870 bits per heavy atom. The first-order valence-electron chi connectivity index (χ1n) is 6.90. The topological polar surface area (TPSA) is 84.2 Å². The molecule has 3 aromatic rings. The number of nitrogens with zero attached hydrogens (tertiary/aromatic N) is 1. The van der Waals surface area contributed by atoms with Crippen molar-refractivity contribution in [3.8, 4) is 0 Å². The highest BCUT2D eigenvalue weighted by molar-refractivity contribution is 6.04. The fourth-order valence-corrected chi connectivity index (χ4v) is 1.92. The fraction of sp³-hybridized carbons (Fsp3) is 0. The number of nitrogens with one attached hydrogen (secondary N) is 2. The van der Waals surface area contributed by atoms with Gasteiger partial charge in [0.15, 0.2) is 5.76 Å². The van der Waals surface area contributed by atoms with E-state index in [9.17, 15) is 9.59 Å². The summed E-state index contributed by atoms with van der Waals surface area (Å²) in [5.74, 6) is 0.00431. The van der Waals surface area contributed by atoms with Gasteiger partial charge in [0.05, 0.1) is 18.1 Å². The molecule has 0 saturated carbocycles. The monoisotopic (exact) mass is 307 g/mol. The number of benzene rings is 1. The number of carbonyl (C=O) groups excluding carboxylic acids is 2. The zero-order valence-electron chi connectivity index (χ0n) is 12.0. The van der Waals surface area contributed by atoms with Crippen LogP contribution in [0.5, 0.6) is 0 Å². The number of furan rings is 1. The molecule has 0 unspecified atom stereocenters. The summed E-state index contributed by atoms with van der Waals surface area (Å²) in [5.41, 5.74) is 1.05. The molecule has 0 aliphatic heterocycles. The number of carbonyl (C=O) groups is 2. The summed E-state index contributed by atoms with van der Waals surface area (Å²) in [6.45, 7) is 0. The molecule has 0 spiro atoms. The Hall–Kier alpha value is -3.41. The first kappa shape index (κ1) is 14.5. The van der Waals surface area contributed by atoms with Crippen LogP contribution in [0.4, 0.5) is 11.5 Å². The summed E-state index contributed by atoms with van der Waals surface area (Å²) in [7, 11) is 0.